The van der Waals surface area contributed by atoms with Crippen LogP contribution in [0, 0.1) is 24.2 Å². The molecule has 2 aromatic rings. The Morgan fingerprint density at radius 1 is 1.06 bits per heavy atom. The number of carbonyl (C=O) groups is 1. The van der Waals surface area contributed by atoms with E-state index in [0.717, 1.165) is 41.2 Å². The molecule has 0 saturated heterocycles. The lowest BCUT2D eigenvalue weighted by Gasteiger charge is -2.12. The van der Waals surface area contributed by atoms with Crippen LogP contribution >= 0.6 is 11.6 Å². The van der Waals surface area contributed by atoms with Crippen molar-refractivity contribution in [1.82, 2.24) is 0 Å². The molecule has 0 bridgehead atoms. The molecule has 1 fully saturated rings. The zero-order valence-electron chi connectivity index (χ0n) is 20.4. The number of hydrogen-bond donors (Lipinski definition) is 0. The normalized spacial score (nSPS) is 18.7. The van der Waals surface area contributed by atoms with E-state index in [-0.39, 0.29) is 6.61 Å². The van der Waals surface area contributed by atoms with Gasteiger partial charge in [-0.3, -0.25) is 4.79 Å². The van der Waals surface area contributed by atoms with Crippen LogP contribution in [0.1, 0.15) is 37.8 Å². The number of allylic oxidation sites excluding steroid dienone is 4. The molecule has 2 nitrogen and oxygen atoms in total. The molecule has 188 valence electrons. The summed E-state index contributed by atoms with van der Waals surface area (Å²) in [6, 6.07) is 15.6. The minimum absolute atomic E-state index is 0.0708. The van der Waals surface area contributed by atoms with Crippen LogP contribution in [0.5, 0.6) is 0 Å². The van der Waals surface area contributed by atoms with Gasteiger partial charge in [0.05, 0.1) is 5.92 Å². The van der Waals surface area contributed by atoms with E-state index in [1.54, 1.807) is 13.8 Å². The van der Waals surface area contributed by atoms with Gasteiger partial charge in [-0.1, -0.05) is 92.2 Å². The largest absolute Gasteiger partial charge is 0.461 e. The standard InChI is InChI=1S/C23H22ClF3O2.C6H10/c1-14-16(10-7-11-17(14)15-8-5-4-6-9-15)13-29-21(28)20-18(22(20,2)3)12-19(24)23(25,26)27;1-3-5-6-4-2/h4-12,18,20H,13H2,1-3H3;3-4H,1-2,5-6H2/b19-12-;. The average molecular weight is 505 g/mol. The van der Waals surface area contributed by atoms with Crippen molar-refractivity contribution >= 4 is 17.6 Å². The first-order valence-electron chi connectivity index (χ1n) is 11.4. The van der Waals surface area contributed by atoms with Crippen LogP contribution in [0.25, 0.3) is 11.1 Å². The van der Waals surface area contributed by atoms with Crippen LogP contribution in [0.4, 0.5) is 13.2 Å². The molecule has 0 aromatic heterocycles. The molecular formula is C29H32ClF3O2. The summed E-state index contributed by atoms with van der Waals surface area (Å²) in [7, 11) is 0. The first-order chi connectivity index (χ1) is 16.4. The number of rotatable bonds is 8. The molecule has 0 aliphatic heterocycles. The van der Waals surface area contributed by atoms with Crippen LogP contribution in [0.3, 0.4) is 0 Å². The van der Waals surface area contributed by atoms with Crippen molar-refractivity contribution in [3.63, 3.8) is 0 Å². The van der Waals surface area contributed by atoms with E-state index < -0.39 is 34.4 Å². The number of unbranched alkanes of at least 4 members (excludes halogenated alkanes) is 1. The van der Waals surface area contributed by atoms with Gasteiger partial charge in [0.15, 0.2) is 0 Å². The minimum Gasteiger partial charge on any atom is -0.461 e. The van der Waals surface area contributed by atoms with Gasteiger partial charge in [-0.05, 0) is 53.4 Å². The minimum atomic E-state index is -4.61. The van der Waals surface area contributed by atoms with Gasteiger partial charge in [0, 0.05) is 0 Å². The average Bonchev–Trinajstić information content (AvgIpc) is 3.36. The summed E-state index contributed by atoms with van der Waals surface area (Å²) in [6.07, 6.45) is 2.22. The Balaban J connectivity index is 0.000000641. The van der Waals surface area contributed by atoms with E-state index in [9.17, 15) is 18.0 Å². The molecule has 0 heterocycles. The zero-order chi connectivity index (χ0) is 26.2. The topological polar surface area (TPSA) is 26.3 Å². The number of alkyl halides is 3. The SMILES string of the molecule is C=CCCC=C.Cc1c(COC(=O)C2C(/C=C(\Cl)C(F)(F)F)C2(C)C)cccc1-c1ccccc1. The van der Waals surface area contributed by atoms with Gasteiger partial charge in [0.25, 0.3) is 0 Å². The van der Waals surface area contributed by atoms with Gasteiger partial charge < -0.3 is 4.74 Å². The van der Waals surface area contributed by atoms with E-state index in [2.05, 4.69) is 13.2 Å². The molecule has 2 atom stereocenters. The first-order valence-corrected chi connectivity index (χ1v) is 11.8. The van der Waals surface area contributed by atoms with Crippen LogP contribution in [0.15, 0.2) is 84.9 Å². The van der Waals surface area contributed by atoms with Crippen molar-refractivity contribution in [2.45, 2.75) is 46.4 Å². The number of halogens is 4. The van der Waals surface area contributed by atoms with Crippen LogP contribution in [0.2, 0.25) is 0 Å². The van der Waals surface area contributed by atoms with Gasteiger partial charge in [0.1, 0.15) is 11.6 Å². The third kappa shape index (κ3) is 7.60. The van der Waals surface area contributed by atoms with Gasteiger partial charge in [-0.2, -0.15) is 13.2 Å². The van der Waals surface area contributed by atoms with Gasteiger partial charge >= 0.3 is 12.1 Å². The van der Waals surface area contributed by atoms with Crippen molar-refractivity contribution in [3.05, 3.63) is 96.1 Å². The van der Waals surface area contributed by atoms with Crippen molar-refractivity contribution in [2.24, 2.45) is 17.3 Å². The molecule has 2 aromatic carbocycles. The molecule has 1 aliphatic rings. The van der Waals surface area contributed by atoms with E-state index in [1.165, 1.54) is 0 Å². The molecule has 0 amide bonds. The summed E-state index contributed by atoms with van der Waals surface area (Å²) < 4.78 is 43.5. The van der Waals surface area contributed by atoms with E-state index >= 15 is 0 Å². The summed E-state index contributed by atoms with van der Waals surface area (Å²) in [5.41, 5.74) is 3.34. The second kappa shape index (κ2) is 12.3. The summed E-state index contributed by atoms with van der Waals surface area (Å²) in [4.78, 5) is 12.5. The van der Waals surface area contributed by atoms with E-state index in [1.807, 2.05) is 67.6 Å². The highest BCUT2D eigenvalue weighted by Gasteiger charge is 2.62. The molecule has 2 unspecified atom stereocenters. The van der Waals surface area contributed by atoms with Gasteiger partial charge in [0.2, 0.25) is 0 Å². The lowest BCUT2D eigenvalue weighted by Crippen LogP contribution is -2.11. The molecule has 0 spiro atoms. The highest BCUT2D eigenvalue weighted by molar-refractivity contribution is 6.30. The summed E-state index contributed by atoms with van der Waals surface area (Å²) in [5, 5.41) is -1.20. The lowest BCUT2D eigenvalue weighted by atomic mass is 9.97. The highest BCUT2D eigenvalue weighted by atomic mass is 35.5. The summed E-state index contributed by atoms with van der Waals surface area (Å²) in [5.74, 6) is -1.75. The van der Waals surface area contributed by atoms with Gasteiger partial charge in [-0.15, -0.1) is 13.2 Å². The maximum Gasteiger partial charge on any atom is 0.426 e. The molecule has 35 heavy (non-hydrogen) atoms. The van der Waals surface area contributed by atoms with Crippen molar-refractivity contribution in [3.8, 4) is 11.1 Å². The molecule has 0 radical (unpaired) electrons. The Hall–Kier alpha value is -2.79. The third-order valence-electron chi connectivity index (χ3n) is 6.24. The quantitative estimate of drug-likeness (QED) is 0.204. The maximum atomic E-state index is 12.7. The van der Waals surface area contributed by atoms with Crippen LogP contribution < -0.4 is 0 Å². The van der Waals surface area contributed by atoms with Crippen molar-refractivity contribution < 1.29 is 22.7 Å². The van der Waals surface area contributed by atoms with E-state index in [0.29, 0.717) is 0 Å². The summed E-state index contributed by atoms with van der Waals surface area (Å²) in [6.45, 7) is 12.6. The Kier molecular flexibility index (Phi) is 9.96. The molecule has 1 saturated carbocycles. The summed E-state index contributed by atoms with van der Waals surface area (Å²) >= 11 is 5.34. The van der Waals surface area contributed by atoms with E-state index in [4.69, 9.17) is 16.3 Å². The zero-order valence-corrected chi connectivity index (χ0v) is 21.1. The Morgan fingerprint density at radius 3 is 2.20 bits per heavy atom. The molecule has 0 N–H and O–H groups in total. The Morgan fingerprint density at radius 2 is 1.66 bits per heavy atom. The number of esters is 1. The molecule has 3 rings (SSSR count). The number of ether oxygens (including phenoxy) is 1. The predicted molar refractivity (Wildman–Crippen MR) is 137 cm³/mol. The fourth-order valence-corrected chi connectivity index (χ4v) is 4.07. The van der Waals surface area contributed by atoms with Gasteiger partial charge in [-0.25, -0.2) is 0 Å². The highest BCUT2D eigenvalue weighted by Crippen LogP contribution is 2.60. The lowest BCUT2D eigenvalue weighted by molar-refractivity contribution is -0.147. The Bertz CT molecular complexity index is 1050. The number of carbonyl (C=O) groups excluding carboxylic acids is 1. The second-order valence-corrected chi connectivity index (χ2v) is 9.46. The Labute approximate surface area is 211 Å². The fourth-order valence-electron chi connectivity index (χ4n) is 3.94. The number of hydrogen-bond acceptors (Lipinski definition) is 2. The molecule has 6 heteroatoms. The van der Waals surface area contributed by atoms with Crippen LogP contribution in [-0.4, -0.2) is 12.1 Å². The van der Waals surface area contributed by atoms with Crippen LogP contribution in [-0.2, 0) is 16.1 Å². The smallest absolute Gasteiger partial charge is 0.426 e. The fraction of sp³-hybridized carbons (Fsp3) is 0.345. The second-order valence-electron chi connectivity index (χ2n) is 9.06. The maximum absolute atomic E-state index is 12.7. The van der Waals surface area contributed by atoms with Crippen molar-refractivity contribution in [2.75, 3.05) is 0 Å². The first kappa shape index (κ1) is 28.4. The third-order valence-corrected chi connectivity index (χ3v) is 6.58. The molecular weight excluding hydrogens is 473 g/mol. The van der Waals surface area contributed by atoms with Crippen molar-refractivity contribution in [1.29, 1.82) is 0 Å². The monoisotopic (exact) mass is 504 g/mol. The molecule has 1 aliphatic carbocycles. The number of benzene rings is 2. The predicted octanol–water partition coefficient (Wildman–Crippen LogP) is 8.80.